The van der Waals surface area contributed by atoms with Gasteiger partial charge in [0.2, 0.25) is 5.79 Å². The minimum absolute atomic E-state index is 0.0109. The van der Waals surface area contributed by atoms with Crippen LogP contribution in [0.3, 0.4) is 0 Å². The van der Waals surface area contributed by atoms with Gasteiger partial charge in [0.1, 0.15) is 5.82 Å². The molecular formula is C16H18F2N2. The molecule has 2 aromatic carbocycles. The van der Waals surface area contributed by atoms with Crippen LogP contribution in [0, 0.1) is 5.82 Å². The predicted molar refractivity (Wildman–Crippen MR) is 76.4 cm³/mol. The summed E-state index contributed by atoms with van der Waals surface area (Å²) in [7, 11) is 0. The summed E-state index contributed by atoms with van der Waals surface area (Å²) in [6.45, 7) is 0.825. The maximum atomic E-state index is 15.4. The van der Waals surface area contributed by atoms with Crippen molar-refractivity contribution in [3.05, 3.63) is 71.5 Å². The molecule has 0 spiro atoms. The van der Waals surface area contributed by atoms with Crippen molar-refractivity contribution in [1.29, 1.82) is 0 Å². The Hall–Kier alpha value is -1.78. The van der Waals surface area contributed by atoms with Gasteiger partial charge < -0.3 is 5.73 Å². The Bertz CT molecular complexity index is 545. The molecule has 0 bridgehead atoms. The molecule has 0 aromatic heterocycles. The monoisotopic (exact) mass is 276 g/mol. The third-order valence-electron chi connectivity index (χ3n) is 3.17. The van der Waals surface area contributed by atoms with Crippen LogP contribution in [0.15, 0.2) is 54.6 Å². The van der Waals surface area contributed by atoms with Crippen LogP contribution in [0.2, 0.25) is 0 Å². The normalized spacial score (nSPS) is 13.9. The molecule has 1 unspecified atom stereocenters. The minimum atomic E-state index is -2.05. The van der Waals surface area contributed by atoms with Crippen LogP contribution in [0.1, 0.15) is 17.5 Å². The fraction of sp³-hybridized carbons (Fsp3) is 0.250. The van der Waals surface area contributed by atoms with Gasteiger partial charge in [-0.3, -0.25) is 5.32 Å². The van der Waals surface area contributed by atoms with E-state index in [0.717, 1.165) is 0 Å². The number of rotatable bonds is 6. The SMILES string of the molecule is NCCCNC(F)(c1ccccc1)c1ccccc1F. The third kappa shape index (κ3) is 3.03. The minimum Gasteiger partial charge on any atom is -0.330 e. The van der Waals surface area contributed by atoms with Gasteiger partial charge in [0, 0.05) is 11.1 Å². The van der Waals surface area contributed by atoms with E-state index >= 15 is 4.39 Å². The molecule has 20 heavy (non-hydrogen) atoms. The van der Waals surface area contributed by atoms with Gasteiger partial charge in [-0.1, -0.05) is 48.5 Å². The number of benzene rings is 2. The molecule has 0 saturated heterocycles. The summed E-state index contributed by atoms with van der Waals surface area (Å²) in [6, 6.07) is 14.4. The average molecular weight is 276 g/mol. The lowest BCUT2D eigenvalue weighted by atomic mass is 9.95. The topological polar surface area (TPSA) is 38.0 Å². The summed E-state index contributed by atoms with van der Waals surface area (Å²) < 4.78 is 29.4. The molecular weight excluding hydrogens is 258 g/mol. The second-order valence-electron chi connectivity index (χ2n) is 4.57. The Labute approximate surface area is 117 Å². The van der Waals surface area contributed by atoms with Gasteiger partial charge in [0.15, 0.2) is 0 Å². The van der Waals surface area contributed by atoms with Crippen molar-refractivity contribution in [3.8, 4) is 0 Å². The van der Waals surface area contributed by atoms with Gasteiger partial charge in [-0.25, -0.2) is 8.78 Å². The van der Waals surface area contributed by atoms with E-state index < -0.39 is 11.6 Å². The first-order valence-corrected chi connectivity index (χ1v) is 6.63. The largest absolute Gasteiger partial charge is 0.330 e. The fourth-order valence-corrected chi connectivity index (χ4v) is 2.12. The molecule has 0 aliphatic heterocycles. The van der Waals surface area contributed by atoms with E-state index in [1.165, 1.54) is 12.1 Å². The standard InChI is InChI=1S/C16H18F2N2/c17-15-10-5-4-9-14(15)16(18,20-12-6-11-19)13-7-2-1-3-8-13/h1-5,7-10,20H,6,11-12,19H2. The van der Waals surface area contributed by atoms with Gasteiger partial charge in [-0.15, -0.1) is 0 Å². The number of hydrogen-bond acceptors (Lipinski definition) is 2. The fourth-order valence-electron chi connectivity index (χ4n) is 2.12. The quantitative estimate of drug-likeness (QED) is 0.629. The number of nitrogens with one attached hydrogen (secondary N) is 1. The van der Waals surface area contributed by atoms with E-state index in [0.29, 0.717) is 25.1 Å². The first kappa shape index (κ1) is 14.6. The lowest BCUT2D eigenvalue weighted by molar-refractivity contribution is 0.161. The Kier molecular flexibility index (Phi) is 4.82. The number of halogens is 2. The van der Waals surface area contributed by atoms with E-state index in [2.05, 4.69) is 5.32 Å². The van der Waals surface area contributed by atoms with E-state index in [9.17, 15) is 4.39 Å². The smallest absolute Gasteiger partial charge is 0.215 e. The summed E-state index contributed by atoms with van der Waals surface area (Å²) >= 11 is 0. The van der Waals surface area contributed by atoms with Crippen LogP contribution in [-0.2, 0) is 5.79 Å². The first-order valence-electron chi connectivity index (χ1n) is 6.63. The van der Waals surface area contributed by atoms with Crippen LogP contribution in [-0.4, -0.2) is 13.1 Å². The number of hydrogen-bond donors (Lipinski definition) is 2. The molecule has 0 saturated carbocycles. The lowest BCUT2D eigenvalue weighted by Crippen LogP contribution is -2.41. The summed E-state index contributed by atoms with van der Waals surface area (Å²) in [6.07, 6.45) is 0.618. The van der Waals surface area contributed by atoms with Crippen molar-refractivity contribution in [3.63, 3.8) is 0 Å². The zero-order chi connectivity index (χ0) is 14.4. The van der Waals surface area contributed by atoms with Crippen LogP contribution in [0.4, 0.5) is 8.78 Å². The Morgan fingerprint density at radius 1 is 1.00 bits per heavy atom. The molecule has 106 valence electrons. The second-order valence-corrected chi connectivity index (χ2v) is 4.57. The molecule has 0 fully saturated rings. The van der Waals surface area contributed by atoms with E-state index in [-0.39, 0.29) is 5.56 Å². The molecule has 1 atom stereocenters. The van der Waals surface area contributed by atoms with Gasteiger partial charge in [-0.2, -0.15) is 0 Å². The van der Waals surface area contributed by atoms with Crippen LogP contribution in [0.5, 0.6) is 0 Å². The van der Waals surface area contributed by atoms with Gasteiger partial charge >= 0.3 is 0 Å². The van der Waals surface area contributed by atoms with Crippen molar-refractivity contribution in [2.45, 2.75) is 12.2 Å². The van der Waals surface area contributed by atoms with Gasteiger partial charge in [0.05, 0.1) is 0 Å². The molecule has 0 aliphatic rings. The van der Waals surface area contributed by atoms with Crippen molar-refractivity contribution in [2.75, 3.05) is 13.1 Å². The van der Waals surface area contributed by atoms with Crippen LogP contribution >= 0.6 is 0 Å². The number of nitrogens with two attached hydrogens (primary N) is 1. The lowest BCUT2D eigenvalue weighted by Gasteiger charge is -2.28. The van der Waals surface area contributed by atoms with Crippen molar-refractivity contribution in [1.82, 2.24) is 5.32 Å². The van der Waals surface area contributed by atoms with Crippen molar-refractivity contribution >= 4 is 0 Å². The molecule has 2 rings (SSSR count). The summed E-state index contributed by atoms with van der Waals surface area (Å²) in [5, 5.41) is 2.78. The summed E-state index contributed by atoms with van der Waals surface area (Å²) in [4.78, 5) is 0. The number of alkyl halides is 1. The second kappa shape index (κ2) is 6.59. The molecule has 0 radical (unpaired) electrons. The Morgan fingerprint density at radius 3 is 2.30 bits per heavy atom. The molecule has 0 amide bonds. The molecule has 2 nitrogen and oxygen atoms in total. The van der Waals surface area contributed by atoms with E-state index in [4.69, 9.17) is 5.73 Å². The highest BCUT2D eigenvalue weighted by Crippen LogP contribution is 2.32. The molecule has 4 heteroatoms. The van der Waals surface area contributed by atoms with Crippen molar-refractivity contribution < 1.29 is 8.78 Å². The van der Waals surface area contributed by atoms with Crippen LogP contribution in [0.25, 0.3) is 0 Å². The van der Waals surface area contributed by atoms with Crippen LogP contribution < -0.4 is 11.1 Å². The maximum absolute atomic E-state index is 15.4. The molecule has 2 aromatic rings. The van der Waals surface area contributed by atoms with E-state index in [1.54, 1.807) is 42.5 Å². The maximum Gasteiger partial charge on any atom is 0.215 e. The zero-order valence-electron chi connectivity index (χ0n) is 11.2. The van der Waals surface area contributed by atoms with Gasteiger partial charge in [-0.05, 0) is 25.6 Å². The molecule has 3 N–H and O–H groups in total. The first-order chi connectivity index (χ1) is 9.68. The highest BCUT2D eigenvalue weighted by atomic mass is 19.2. The zero-order valence-corrected chi connectivity index (χ0v) is 11.2. The summed E-state index contributed by atoms with van der Waals surface area (Å²) in [5.41, 5.74) is 5.79. The molecule has 0 aliphatic carbocycles. The predicted octanol–water partition coefficient (Wildman–Crippen LogP) is 2.93. The third-order valence-corrected chi connectivity index (χ3v) is 3.17. The van der Waals surface area contributed by atoms with Crippen molar-refractivity contribution in [2.24, 2.45) is 5.73 Å². The summed E-state index contributed by atoms with van der Waals surface area (Å²) in [5.74, 6) is -2.62. The van der Waals surface area contributed by atoms with E-state index in [1.807, 2.05) is 0 Å². The van der Waals surface area contributed by atoms with Gasteiger partial charge in [0.25, 0.3) is 0 Å². The highest BCUT2D eigenvalue weighted by Gasteiger charge is 2.35. The average Bonchev–Trinajstić information content (AvgIpc) is 2.49. The highest BCUT2D eigenvalue weighted by molar-refractivity contribution is 5.36. The Morgan fingerprint density at radius 2 is 1.65 bits per heavy atom. The molecule has 0 heterocycles. The Balaban J connectivity index is 2.41.